The molecule has 2 aromatic carbocycles. The molecular weight excluding hydrogens is 379 g/mol. The lowest BCUT2D eigenvalue weighted by Gasteiger charge is -2.20. The number of hydrogen-bond acceptors (Lipinski definition) is 4. The Bertz CT molecular complexity index is 842. The quantitative estimate of drug-likeness (QED) is 0.594. The lowest BCUT2D eigenvalue weighted by molar-refractivity contribution is -0.387. The number of anilines is 1. The summed E-state index contributed by atoms with van der Waals surface area (Å²) in [6, 6.07) is 8.78. The molecule has 22 heavy (non-hydrogen) atoms. The summed E-state index contributed by atoms with van der Waals surface area (Å²) in [5, 5.41) is 11.0. The number of nitro benzene ring substituents is 1. The lowest BCUT2D eigenvalue weighted by Crippen LogP contribution is -2.28. The van der Waals surface area contributed by atoms with E-state index in [1.165, 1.54) is 24.3 Å². The summed E-state index contributed by atoms with van der Waals surface area (Å²) >= 11 is 3.07. The van der Waals surface area contributed by atoms with Crippen molar-refractivity contribution in [2.24, 2.45) is 0 Å². The fourth-order valence-corrected chi connectivity index (χ4v) is 3.53. The van der Waals surface area contributed by atoms with Gasteiger partial charge in [0, 0.05) is 17.6 Å². The molecule has 116 valence electrons. The molecule has 0 aliphatic carbocycles. The van der Waals surface area contributed by atoms with Crippen LogP contribution in [0.1, 0.15) is 0 Å². The zero-order valence-electron chi connectivity index (χ0n) is 11.2. The van der Waals surface area contributed by atoms with Crippen LogP contribution in [0.2, 0.25) is 0 Å². The molecule has 2 aromatic rings. The molecule has 0 saturated heterocycles. The highest BCUT2D eigenvalue weighted by molar-refractivity contribution is 9.10. The van der Waals surface area contributed by atoms with Crippen molar-refractivity contribution in [2.45, 2.75) is 4.90 Å². The van der Waals surface area contributed by atoms with E-state index in [2.05, 4.69) is 15.9 Å². The van der Waals surface area contributed by atoms with Gasteiger partial charge in [-0.15, -0.1) is 0 Å². The van der Waals surface area contributed by atoms with Crippen molar-refractivity contribution in [2.75, 3.05) is 11.4 Å². The Balaban J connectivity index is 2.58. The third-order valence-corrected chi connectivity index (χ3v) is 5.26. The Morgan fingerprint density at radius 2 is 1.86 bits per heavy atom. The highest BCUT2D eigenvalue weighted by atomic mass is 79.9. The van der Waals surface area contributed by atoms with E-state index >= 15 is 0 Å². The molecule has 0 aliphatic heterocycles. The summed E-state index contributed by atoms with van der Waals surface area (Å²) in [6.07, 6.45) is 0. The van der Waals surface area contributed by atoms with Crippen molar-refractivity contribution in [3.8, 4) is 0 Å². The van der Waals surface area contributed by atoms with Gasteiger partial charge >= 0.3 is 0 Å². The molecule has 0 bridgehead atoms. The Morgan fingerprint density at radius 3 is 2.45 bits per heavy atom. The van der Waals surface area contributed by atoms with Gasteiger partial charge in [0.15, 0.2) is 4.90 Å². The van der Waals surface area contributed by atoms with Crippen LogP contribution >= 0.6 is 15.9 Å². The first kappa shape index (κ1) is 16.4. The molecular formula is C13H10BrFN2O4S. The maximum absolute atomic E-state index is 13.9. The molecule has 0 amide bonds. The smallest absolute Gasteiger partial charge is 0.266 e. The zero-order chi connectivity index (χ0) is 16.5. The van der Waals surface area contributed by atoms with Gasteiger partial charge in [-0.1, -0.05) is 28.1 Å². The summed E-state index contributed by atoms with van der Waals surface area (Å²) in [4.78, 5) is 9.69. The molecule has 0 spiro atoms. The van der Waals surface area contributed by atoms with Crippen molar-refractivity contribution in [3.63, 3.8) is 0 Å². The predicted octanol–water partition coefficient (Wildman–Crippen LogP) is 3.32. The summed E-state index contributed by atoms with van der Waals surface area (Å²) in [5.41, 5.74) is -0.770. The number of nitrogens with zero attached hydrogens (tertiary/aromatic N) is 2. The molecule has 0 radical (unpaired) electrons. The molecule has 9 heteroatoms. The largest absolute Gasteiger partial charge is 0.289 e. The maximum atomic E-state index is 13.9. The normalized spacial score (nSPS) is 11.2. The highest BCUT2D eigenvalue weighted by Crippen LogP contribution is 2.30. The van der Waals surface area contributed by atoms with E-state index in [4.69, 9.17) is 0 Å². The van der Waals surface area contributed by atoms with E-state index < -0.39 is 31.3 Å². The van der Waals surface area contributed by atoms with Crippen molar-refractivity contribution in [3.05, 3.63) is 62.9 Å². The molecule has 0 fully saturated rings. The third kappa shape index (κ3) is 2.95. The fourth-order valence-electron chi connectivity index (χ4n) is 1.84. The Morgan fingerprint density at radius 1 is 1.23 bits per heavy atom. The number of rotatable bonds is 4. The topological polar surface area (TPSA) is 80.5 Å². The summed E-state index contributed by atoms with van der Waals surface area (Å²) in [7, 11) is -3.13. The van der Waals surface area contributed by atoms with Crippen LogP contribution in [0.5, 0.6) is 0 Å². The lowest BCUT2D eigenvalue weighted by atomic mass is 10.3. The molecule has 0 unspecified atom stereocenters. The Labute approximate surface area is 134 Å². The molecule has 0 aromatic heterocycles. The molecule has 0 aliphatic rings. The average molecular weight is 389 g/mol. The van der Waals surface area contributed by atoms with Gasteiger partial charge < -0.3 is 0 Å². The third-order valence-electron chi connectivity index (χ3n) is 2.95. The van der Waals surface area contributed by atoms with Gasteiger partial charge in [-0.25, -0.2) is 12.8 Å². The highest BCUT2D eigenvalue weighted by Gasteiger charge is 2.30. The van der Waals surface area contributed by atoms with Crippen LogP contribution < -0.4 is 4.31 Å². The number of para-hydroxylation sites is 1. The van der Waals surface area contributed by atoms with Crippen LogP contribution in [-0.4, -0.2) is 20.4 Å². The Kier molecular flexibility index (Phi) is 4.47. The van der Waals surface area contributed by atoms with Gasteiger partial charge in [0.2, 0.25) is 0 Å². The number of sulfonamides is 1. The molecule has 0 saturated carbocycles. The molecule has 0 N–H and O–H groups in total. The zero-order valence-corrected chi connectivity index (χ0v) is 13.6. The van der Waals surface area contributed by atoms with Crippen LogP contribution in [0.4, 0.5) is 15.8 Å². The predicted molar refractivity (Wildman–Crippen MR) is 82.8 cm³/mol. The number of nitro groups is 1. The van der Waals surface area contributed by atoms with E-state index in [1.807, 2.05) is 0 Å². The average Bonchev–Trinajstić information content (AvgIpc) is 2.46. The van der Waals surface area contributed by atoms with E-state index in [0.717, 1.165) is 25.2 Å². The minimum atomic E-state index is -4.27. The first-order valence-electron chi connectivity index (χ1n) is 5.92. The van der Waals surface area contributed by atoms with Gasteiger partial charge in [-0.2, -0.15) is 0 Å². The van der Waals surface area contributed by atoms with E-state index in [-0.39, 0.29) is 5.69 Å². The first-order valence-corrected chi connectivity index (χ1v) is 8.16. The minimum Gasteiger partial charge on any atom is -0.266 e. The standard InChI is InChI=1S/C13H10BrFN2O4S/c1-16(11-7-6-9(14)8-10(11)15)22(20,21)13-5-3-2-4-12(13)17(18)19/h2-8H,1H3. The van der Waals surface area contributed by atoms with Gasteiger partial charge in [-0.05, 0) is 24.3 Å². The van der Waals surface area contributed by atoms with Gasteiger partial charge in [0.1, 0.15) is 5.82 Å². The SMILES string of the molecule is CN(c1ccc(Br)cc1F)S(=O)(=O)c1ccccc1[N+](=O)[O-]. The Hall–Kier alpha value is -2.00. The molecule has 0 heterocycles. The first-order chi connectivity index (χ1) is 10.2. The number of halogens is 2. The number of hydrogen-bond donors (Lipinski definition) is 0. The summed E-state index contributed by atoms with van der Waals surface area (Å²) in [6.45, 7) is 0. The second-order valence-electron chi connectivity index (χ2n) is 4.29. The van der Waals surface area contributed by atoms with Crippen molar-refractivity contribution in [1.82, 2.24) is 0 Å². The van der Waals surface area contributed by atoms with E-state index in [0.29, 0.717) is 8.78 Å². The van der Waals surface area contributed by atoms with Crippen molar-refractivity contribution >= 4 is 37.3 Å². The fraction of sp³-hybridized carbons (Fsp3) is 0.0769. The summed E-state index contributed by atoms with van der Waals surface area (Å²) in [5.74, 6) is -0.765. The van der Waals surface area contributed by atoms with Crippen molar-refractivity contribution in [1.29, 1.82) is 0 Å². The van der Waals surface area contributed by atoms with Gasteiger partial charge in [-0.3, -0.25) is 14.4 Å². The second kappa shape index (κ2) is 6.01. The van der Waals surface area contributed by atoms with Crippen molar-refractivity contribution < 1.29 is 17.7 Å². The molecule has 6 nitrogen and oxygen atoms in total. The number of benzene rings is 2. The summed E-state index contributed by atoms with van der Waals surface area (Å²) < 4.78 is 40.1. The van der Waals surface area contributed by atoms with Crippen LogP contribution in [0, 0.1) is 15.9 Å². The van der Waals surface area contributed by atoms with E-state index in [1.54, 1.807) is 0 Å². The molecule has 2 rings (SSSR count). The van der Waals surface area contributed by atoms with Gasteiger partial charge in [0.05, 0.1) is 10.6 Å². The second-order valence-corrected chi connectivity index (χ2v) is 7.15. The maximum Gasteiger partial charge on any atom is 0.289 e. The molecule has 0 atom stereocenters. The minimum absolute atomic E-state index is 0.207. The van der Waals surface area contributed by atoms with Crippen LogP contribution in [0.3, 0.4) is 0 Å². The monoisotopic (exact) mass is 388 g/mol. The van der Waals surface area contributed by atoms with Crippen LogP contribution in [-0.2, 0) is 10.0 Å². The van der Waals surface area contributed by atoms with Crippen LogP contribution in [0.15, 0.2) is 51.8 Å². The van der Waals surface area contributed by atoms with Crippen LogP contribution in [0.25, 0.3) is 0 Å². The van der Waals surface area contributed by atoms with Gasteiger partial charge in [0.25, 0.3) is 15.7 Å². The van der Waals surface area contributed by atoms with E-state index in [9.17, 15) is 22.9 Å².